The van der Waals surface area contributed by atoms with Gasteiger partial charge >= 0.3 is 0 Å². The van der Waals surface area contributed by atoms with Crippen LogP contribution in [0.2, 0.25) is 0 Å². The molecule has 0 fully saturated rings. The smallest absolute Gasteiger partial charge is 0.221 e. The van der Waals surface area contributed by atoms with Gasteiger partial charge in [0, 0.05) is 21.0 Å². The lowest BCUT2D eigenvalue weighted by molar-refractivity contribution is -0.442. The van der Waals surface area contributed by atoms with Crippen molar-refractivity contribution in [1.29, 1.82) is 0 Å². The number of thiocarbonyl (C=S) groups is 1. The number of aliphatic hydroxyl groups is 1. The highest BCUT2D eigenvalue weighted by atomic mass is 32.1. The third-order valence-electron chi connectivity index (χ3n) is 2.40. The van der Waals surface area contributed by atoms with E-state index in [-0.39, 0.29) is 5.76 Å². The number of hydrazone groups is 1. The molecule has 0 spiro atoms. The van der Waals surface area contributed by atoms with E-state index in [1.807, 2.05) is 38.9 Å². The zero-order valence-electron chi connectivity index (χ0n) is 9.98. The van der Waals surface area contributed by atoms with E-state index in [1.165, 1.54) is 0 Å². The molecule has 1 heterocycles. The molecule has 1 rings (SSSR count). The van der Waals surface area contributed by atoms with Gasteiger partial charge in [-0.25, -0.2) is 4.58 Å². The summed E-state index contributed by atoms with van der Waals surface area (Å²) in [5, 5.41) is 14.4. The SMILES string of the molecule is CC1=C(O)C(=NNC(=S)N(C)C)CC=[N+]1C. The Labute approximate surface area is 101 Å². The third kappa shape index (κ3) is 2.79. The van der Waals surface area contributed by atoms with E-state index in [0.29, 0.717) is 17.2 Å². The molecule has 88 valence electrons. The Morgan fingerprint density at radius 2 is 2.25 bits per heavy atom. The number of allylic oxidation sites excluding steroid dienone is 2. The van der Waals surface area contributed by atoms with E-state index in [9.17, 15) is 5.11 Å². The summed E-state index contributed by atoms with van der Waals surface area (Å²) in [6, 6.07) is 0. The van der Waals surface area contributed by atoms with Crippen molar-refractivity contribution >= 4 is 29.3 Å². The maximum atomic E-state index is 9.85. The van der Waals surface area contributed by atoms with Crippen LogP contribution in [-0.4, -0.2) is 52.8 Å². The number of nitrogens with zero attached hydrogens (tertiary/aromatic N) is 3. The predicted octanol–water partition coefficient (Wildman–Crippen LogP) is 0.685. The molecule has 0 bridgehead atoms. The minimum atomic E-state index is 0.207. The van der Waals surface area contributed by atoms with Crippen molar-refractivity contribution in [1.82, 2.24) is 10.3 Å². The second-order valence-corrected chi connectivity index (χ2v) is 4.19. The monoisotopic (exact) mass is 241 g/mol. The highest BCUT2D eigenvalue weighted by Gasteiger charge is 2.21. The van der Waals surface area contributed by atoms with Crippen LogP contribution in [0.5, 0.6) is 0 Å². The number of nitrogens with one attached hydrogen (secondary N) is 1. The molecule has 0 unspecified atom stereocenters. The molecule has 0 aromatic rings. The fourth-order valence-electron chi connectivity index (χ4n) is 1.15. The normalized spacial score (nSPS) is 18.5. The molecule has 1 aliphatic heterocycles. The first kappa shape index (κ1) is 12.6. The first-order chi connectivity index (χ1) is 7.43. The first-order valence-electron chi connectivity index (χ1n) is 4.93. The van der Waals surface area contributed by atoms with Gasteiger partial charge in [0.15, 0.2) is 11.3 Å². The zero-order valence-corrected chi connectivity index (χ0v) is 10.8. The van der Waals surface area contributed by atoms with Crippen LogP contribution < -0.4 is 5.43 Å². The Morgan fingerprint density at radius 3 is 2.81 bits per heavy atom. The summed E-state index contributed by atoms with van der Waals surface area (Å²) in [6.07, 6.45) is 2.54. The molecule has 16 heavy (non-hydrogen) atoms. The summed E-state index contributed by atoms with van der Waals surface area (Å²) in [5.74, 6) is 0.207. The van der Waals surface area contributed by atoms with Gasteiger partial charge in [0.2, 0.25) is 11.5 Å². The molecule has 0 saturated heterocycles. The Bertz CT molecular complexity index is 396. The maximum absolute atomic E-state index is 9.85. The highest BCUT2D eigenvalue weighted by molar-refractivity contribution is 7.80. The molecular formula is C10H17N4OS+. The quantitative estimate of drug-likeness (QED) is 0.403. The molecule has 5 nitrogen and oxygen atoms in total. The van der Waals surface area contributed by atoms with Crippen LogP contribution >= 0.6 is 12.2 Å². The molecule has 2 N–H and O–H groups in total. The van der Waals surface area contributed by atoms with Crippen LogP contribution in [0.4, 0.5) is 0 Å². The largest absolute Gasteiger partial charge is 0.501 e. The van der Waals surface area contributed by atoms with Crippen LogP contribution in [0.25, 0.3) is 0 Å². The standard InChI is InChI=1S/C10H16N4OS/c1-7-9(15)8(5-6-14(7)4)11-12-10(16)13(2)3/h6H,5H2,1-4H3,(H-,12,15,16)/p+1. The van der Waals surface area contributed by atoms with E-state index < -0.39 is 0 Å². The molecule has 0 radical (unpaired) electrons. The topological polar surface area (TPSA) is 50.9 Å². The average Bonchev–Trinajstić information content (AvgIpc) is 2.24. The van der Waals surface area contributed by atoms with E-state index in [1.54, 1.807) is 4.90 Å². The van der Waals surface area contributed by atoms with Crippen LogP contribution in [0.1, 0.15) is 13.3 Å². The highest BCUT2D eigenvalue weighted by Crippen LogP contribution is 2.09. The van der Waals surface area contributed by atoms with Crippen molar-refractivity contribution < 1.29 is 9.68 Å². The van der Waals surface area contributed by atoms with Gasteiger partial charge in [-0.15, -0.1) is 0 Å². The molecule has 0 saturated carbocycles. The van der Waals surface area contributed by atoms with Gasteiger partial charge in [0.1, 0.15) is 12.8 Å². The zero-order chi connectivity index (χ0) is 12.3. The number of aliphatic hydroxyl groups excluding tert-OH is 1. The second-order valence-electron chi connectivity index (χ2n) is 3.80. The Kier molecular flexibility index (Phi) is 4.00. The van der Waals surface area contributed by atoms with Gasteiger partial charge in [-0.05, 0) is 12.2 Å². The van der Waals surface area contributed by atoms with Crippen LogP contribution in [0.15, 0.2) is 16.6 Å². The van der Waals surface area contributed by atoms with Gasteiger partial charge in [-0.3, -0.25) is 5.43 Å². The van der Waals surface area contributed by atoms with Crippen molar-refractivity contribution in [3.63, 3.8) is 0 Å². The summed E-state index contributed by atoms with van der Waals surface area (Å²) in [6.45, 7) is 1.84. The van der Waals surface area contributed by atoms with Crippen LogP contribution in [0.3, 0.4) is 0 Å². The number of rotatable bonds is 1. The van der Waals surface area contributed by atoms with Gasteiger partial charge in [0.25, 0.3) is 0 Å². The average molecular weight is 241 g/mol. The van der Waals surface area contributed by atoms with Crippen molar-refractivity contribution in [2.75, 3.05) is 21.1 Å². The minimum Gasteiger partial charge on any atom is -0.501 e. The summed E-state index contributed by atoms with van der Waals surface area (Å²) in [5.41, 5.74) is 4.11. The predicted molar refractivity (Wildman–Crippen MR) is 69.0 cm³/mol. The van der Waals surface area contributed by atoms with Crippen molar-refractivity contribution in [3.05, 3.63) is 11.5 Å². The second kappa shape index (κ2) is 5.07. The lowest BCUT2D eigenvalue weighted by Gasteiger charge is -2.14. The van der Waals surface area contributed by atoms with E-state index >= 15 is 0 Å². The third-order valence-corrected chi connectivity index (χ3v) is 2.85. The lowest BCUT2D eigenvalue weighted by Crippen LogP contribution is -2.32. The van der Waals surface area contributed by atoms with E-state index in [4.69, 9.17) is 12.2 Å². The lowest BCUT2D eigenvalue weighted by atomic mass is 10.1. The molecule has 1 aliphatic rings. The Balaban J connectivity index is 2.78. The summed E-state index contributed by atoms with van der Waals surface area (Å²) in [4.78, 5) is 1.74. The summed E-state index contributed by atoms with van der Waals surface area (Å²) in [7, 11) is 5.55. The molecule has 0 aromatic carbocycles. The minimum absolute atomic E-state index is 0.207. The van der Waals surface area contributed by atoms with Crippen LogP contribution in [-0.2, 0) is 0 Å². The summed E-state index contributed by atoms with van der Waals surface area (Å²) < 4.78 is 1.87. The number of hydrogen-bond donors (Lipinski definition) is 2. The van der Waals surface area contributed by atoms with E-state index in [2.05, 4.69) is 10.5 Å². The van der Waals surface area contributed by atoms with Crippen molar-refractivity contribution in [3.8, 4) is 0 Å². The van der Waals surface area contributed by atoms with E-state index in [0.717, 1.165) is 5.70 Å². The molecule has 0 aliphatic carbocycles. The van der Waals surface area contributed by atoms with Gasteiger partial charge in [-0.2, -0.15) is 5.10 Å². The molecule has 0 amide bonds. The summed E-state index contributed by atoms with van der Waals surface area (Å²) >= 11 is 5.03. The molecule has 0 atom stereocenters. The Hall–Kier alpha value is -1.43. The molecule has 0 aromatic heterocycles. The van der Waals surface area contributed by atoms with Crippen molar-refractivity contribution in [2.45, 2.75) is 13.3 Å². The fraction of sp³-hybridized carbons (Fsp3) is 0.500. The first-order valence-corrected chi connectivity index (χ1v) is 5.34. The number of hydrogen-bond acceptors (Lipinski definition) is 3. The fourth-order valence-corrected chi connectivity index (χ4v) is 1.19. The van der Waals surface area contributed by atoms with Gasteiger partial charge < -0.3 is 10.0 Å². The molecular weight excluding hydrogens is 224 g/mol. The van der Waals surface area contributed by atoms with Crippen LogP contribution in [0, 0.1) is 0 Å². The maximum Gasteiger partial charge on any atom is 0.221 e. The van der Waals surface area contributed by atoms with Crippen molar-refractivity contribution in [2.24, 2.45) is 5.10 Å². The molecule has 6 heteroatoms. The Morgan fingerprint density at radius 1 is 1.62 bits per heavy atom. The van der Waals surface area contributed by atoms with Gasteiger partial charge in [-0.1, -0.05) is 0 Å². The van der Waals surface area contributed by atoms with Gasteiger partial charge in [0.05, 0.1) is 6.42 Å².